The van der Waals surface area contributed by atoms with Crippen LogP contribution < -0.4 is 5.32 Å². The van der Waals surface area contributed by atoms with Crippen molar-refractivity contribution in [3.8, 4) is 11.1 Å². The van der Waals surface area contributed by atoms with Crippen LogP contribution in [0, 0.1) is 13.8 Å². The predicted molar refractivity (Wildman–Crippen MR) is 88.4 cm³/mol. The van der Waals surface area contributed by atoms with Crippen molar-refractivity contribution in [2.75, 3.05) is 6.54 Å². The van der Waals surface area contributed by atoms with Gasteiger partial charge in [0.25, 0.3) is 0 Å². The van der Waals surface area contributed by atoms with Crippen LogP contribution >= 0.6 is 11.6 Å². The molecule has 0 unspecified atom stereocenters. The minimum atomic E-state index is 0.791. The summed E-state index contributed by atoms with van der Waals surface area (Å²) < 4.78 is 0. The van der Waals surface area contributed by atoms with E-state index in [0.717, 1.165) is 24.5 Å². The summed E-state index contributed by atoms with van der Waals surface area (Å²) in [6, 6.07) is 12.7. The smallest absolute Gasteiger partial charge is 0.0412 e. The van der Waals surface area contributed by atoms with Crippen LogP contribution in [0.1, 0.15) is 30.0 Å². The quantitative estimate of drug-likeness (QED) is 0.752. The van der Waals surface area contributed by atoms with Gasteiger partial charge in [-0.05, 0) is 61.2 Å². The van der Waals surface area contributed by atoms with E-state index >= 15 is 0 Å². The molecule has 2 aromatic carbocycles. The number of benzene rings is 2. The Morgan fingerprint density at radius 2 is 1.80 bits per heavy atom. The largest absolute Gasteiger partial charge is 0.313 e. The predicted octanol–water partition coefficient (Wildman–Crippen LogP) is 5.12. The number of rotatable bonds is 5. The molecule has 2 aromatic rings. The Bertz CT molecular complexity index is 590. The van der Waals surface area contributed by atoms with Crippen molar-refractivity contribution < 1.29 is 0 Å². The molecule has 106 valence electrons. The third-order valence-electron chi connectivity index (χ3n) is 3.49. The van der Waals surface area contributed by atoms with Gasteiger partial charge < -0.3 is 5.32 Å². The molecule has 0 radical (unpaired) electrons. The van der Waals surface area contributed by atoms with Crippen LogP contribution in [0.25, 0.3) is 11.1 Å². The van der Waals surface area contributed by atoms with E-state index in [2.05, 4.69) is 56.4 Å². The highest BCUT2D eigenvalue weighted by Crippen LogP contribution is 2.30. The van der Waals surface area contributed by atoms with Gasteiger partial charge in [0.05, 0.1) is 0 Å². The van der Waals surface area contributed by atoms with E-state index in [0.29, 0.717) is 0 Å². The van der Waals surface area contributed by atoms with Crippen molar-refractivity contribution >= 4 is 11.6 Å². The van der Waals surface area contributed by atoms with E-state index in [1.165, 1.54) is 27.8 Å². The molecule has 0 saturated heterocycles. The van der Waals surface area contributed by atoms with Gasteiger partial charge in [-0.3, -0.25) is 0 Å². The molecule has 0 aliphatic rings. The molecule has 0 aliphatic heterocycles. The molecule has 0 heterocycles. The molecule has 0 amide bonds. The lowest BCUT2D eigenvalue weighted by atomic mass is 9.95. The van der Waals surface area contributed by atoms with Gasteiger partial charge in [0, 0.05) is 11.6 Å². The first-order valence-electron chi connectivity index (χ1n) is 7.18. The Balaban J connectivity index is 2.40. The first-order chi connectivity index (χ1) is 9.61. The van der Waals surface area contributed by atoms with Crippen molar-refractivity contribution in [2.24, 2.45) is 0 Å². The average molecular weight is 288 g/mol. The van der Waals surface area contributed by atoms with Crippen LogP contribution in [-0.4, -0.2) is 6.54 Å². The molecule has 1 N–H and O–H groups in total. The molecule has 0 spiro atoms. The van der Waals surface area contributed by atoms with E-state index in [4.69, 9.17) is 11.6 Å². The minimum absolute atomic E-state index is 0.791. The minimum Gasteiger partial charge on any atom is -0.313 e. The monoisotopic (exact) mass is 287 g/mol. The highest BCUT2D eigenvalue weighted by Gasteiger charge is 2.08. The number of hydrogen-bond donors (Lipinski definition) is 1. The first-order valence-corrected chi connectivity index (χ1v) is 7.56. The Morgan fingerprint density at radius 3 is 2.50 bits per heavy atom. The first kappa shape index (κ1) is 15.1. The molecule has 0 aromatic heterocycles. The second-order valence-corrected chi connectivity index (χ2v) is 5.73. The zero-order valence-electron chi connectivity index (χ0n) is 12.5. The maximum absolute atomic E-state index is 6.19. The molecule has 0 fully saturated rings. The standard InChI is InChI=1S/C18H22ClN/c1-4-9-20-12-15-6-7-16(19)11-18(15)17-8-5-13(2)10-14(17)3/h5-8,10-11,20H,4,9,12H2,1-3H3. The summed E-state index contributed by atoms with van der Waals surface area (Å²) in [4.78, 5) is 0. The molecular formula is C18H22ClN. The van der Waals surface area contributed by atoms with Crippen LogP contribution in [0.2, 0.25) is 5.02 Å². The van der Waals surface area contributed by atoms with Crippen molar-refractivity contribution in [3.05, 3.63) is 58.1 Å². The molecular weight excluding hydrogens is 266 g/mol. The summed E-state index contributed by atoms with van der Waals surface area (Å²) in [5, 5.41) is 4.26. The number of halogens is 1. The molecule has 2 rings (SSSR count). The average Bonchev–Trinajstić information content (AvgIpc) is 2.41. The zero-order chi connectivity index (χ0) is 14.5. The van der Waals surface area contributed by atoms with Gasteiger partial charge in [-0.2, -0.15) is 0 Å². The molecule has 2 heteroatoms. The molecule has 0 atom stereocenters. The fraction of sp³-hybridized carbons (Fsp3) is 0.333. The molecule has 0 saturated carbocycles. The summed E-state index contributed by atoms with van der Waals surface area (Å²) in [7, 11) is 0. The second-order valence-electron chi connectivity index (χ2n) is 5.30. The lowest BCUT2D eigenvalue weighted by molar-refractivity contribution is 0.676. The number of hydrogen-bond acceptors (Lipinski definition) is 1. The van der Waals surface area contributed by atoms with Crippen LogP contribution in [0.15, 0.2) is 36.4 Å². The zero-order valence-corrected chi connectivity index (χ0v) is 13.2. The van der Waals surface area contributed by atoms with Crippen LogP contribution in [-0.2, 0) is 6.54 Å². The molecule has 1 nitrogen and oxygen atoms in total. The fourth-order valence-corrected chi connectivity index (χ4v) is 2.64. The third kappa shape index (κ3) is 3.62. The van der Waals surface area contributed by atoms with E-state index < -0.39 is 0 Å². The highest BCUT2D eigenvalue weighted by molar-refractivity contribution is 6.30. The van der Waals surface area contributed by atoms with Gasteiger partial charge in [-0.1, -0.05) is 48.4 Å². The van der Waals surface area contributed by atoms with Crippen molar-refractivity contribution in [2.45, 2.75) is 33.7 Å². The van der Waals surface area contributed by atoms with E-state index in [1.54, 1.807) is 0 Å². The Hall–Kier alpha value is -1.31. The van der Waals surface area contributed by atoms with Crippen LogP contribution in [0.3, 0.4) is 0 Å². The van der Waals surface area contributed by atoms with Crippen molar-refractivity contribution in [1.29, 1.82) is 0 Å². The lowest BCUT2D eigenvalue weighted by Gasteiger charge is -2.14. The topological polar surface area (TPSA) is 12.0 Å². The second kappa shape index (κ2) is 6.92. The molecule has 0 aliphatic carbocycles. The Labute approximate surface area is 127 Å². The summed E-state index contributed by atoms with van der Waals surface area (Å²) in [6.07, 6.45) is 1.15. The van der Waals surface area contributed by atoms with Gasteiger partial charge in [-0.25, -0.2) is 0 Å². The summed E-state index contributed by atoms with van der Waals surface area (Å²) in [6.45, 7) is 8.38. The van der Waals surface area contributed by atoms with Gasteiger partial charge >= 0.3 is 0 Å². The van der Waals surface area contributed by atoms with Gasteiger partial charge in [-0.15, -0.1) is 0 Å². The summed E-state index contributed by atoms with van der Waals surface area (Å²) >= 11 is 6.19. The molecule has 0 bridgehead atoms. The SMILES string of the molecule is CCCNCc1ccc(Cl)cc1-c1ccc(C)cc1C. The van der Waals surface area contributed by atoms with Crippen molar-refractivity contribution in [3.63, 3.8) is 0 Å². The van der Waals surface area contributed by atoms with E-state index in [-0.39, 0.29) is 0 Å². The Kier molecular flexibility index (Phi) is 5.22. The van der Waals surface area contributed by atoms with Crippen molar-refractivity contribution in [1.82, 2.24) is 5.32 Å². The lowest BCUT2D eigenvalue weighted by Crippen LogP contribution is -2.14. The van der Waals surface area contributed by atoms with Gasteiger partial charge in [0.1, 0.15) is 0 Å². The molecule has 20 heavy (non-hydrogen) atoms. The van der Waals surface area contributed by atoms with Crippen LogP contribution in [0.5, 0.6) is 0 Å². The summed E-state index contributed by atoms with van der Waals surface area (Å²) in [5.41, 5.74) is 6.39. The van der Waals surface area contributed by atoms with E-state index in [1.807, 2.05) is 6.07 Å². The fourth-order valence-electron chi connectivity index (χ4n) is 2.47. The van der Waals surface area contributed by atoms with E-state index in [9.17, 15) is 0 Å². The summed E-state index contributed by atoms with van der Waals surface area (Å²) in [5.74, 6) is 0. The highest BCUT2D eigenvalue weighted by atomic mass is 35.5. The normalized spacial score (nSPS) is 10.8. The maximum Gasteiger partial charge on any atom is 0.0412 e. The number of nitrogens with one attached hydrogen (secondary N) is 1. The van der Waals surface area contributed by atoms with Crippen LogP contribution in [0.4, 0.5) is 0 Å². The maximum atomic E-state index is 6.19. The Morgan fingerprint density at radius 1 is 1.00 bits per heavy atom. The number of aryl methyl sites for hydroxylation is 2. The van der Waals surface area contributed by atoms with Gasteiger partial charge in [0.15, 0.2) is 0 Å². The third-order valence-corrected chi connectivity index (χ3v) is 3.72. The van der Waals surface area contributed by atoms with Gasteiger partial charge in [0.2, 0.25) is 0 Å².